The number of hydrogen-bond donors (Lipinski definition) is 1. The summed E-state index contributed by atoms with van der Waals surface area (Å²) in [5.74, 6) is 1.28. The normalized spacial score (nSPS) is 12.5. The van der Waals surface area contributed by atoms with Crippen molar-refractivity contribution in [3.8, 4) is 11.6 Å². The predicted octanol–water partition coefficient (Wildman–Crippen LogP) is 4.08. The van der Waals surface area contributed by atoms with Gasteiger partial charge in [-0.25, -0.2) is 4.98 Å². The molecule has 32 heavy (non-hydrogen) atoms. The molecule has 0 radical (unpaired) electrons. The molecule has 0 aliphatic heterocycles. The number of nitrogens with zero attached hydrogens (tertiary/aromatic N) is 5. The Morgan fingerprint density at radius 3 is 2.59 bits per heavy atom. The van der Waals surface area contributed by atoms with Crippen molar-refractivity contribution < 1.29 is 9.21 Å². The summed E-state index contributed by atoms with van der Waals surface area (Å²) in [6.07, 6.45) is 0. The first-order chi connectivity index (χ1) is 15.5. The molecule has 0 aliphatic carbocycles. The molecule has 0 aliphatic rings. The third kappa shape index (κ3) is 3.64. The van der Waals surface area contributed by atoms with Crippen LogP contribution in [0, 0.1) is 0 Å². The van der Waals surface area contributed by atoms with E-state index < -0.39 is 0 Å². The summed E-state index contributed by atoms with van der Waals surface area (Å²) < 4.78 is 9.82. The van der Waals surface area contributed by atoms with Gasteiger partial charge in [0.1, 0.15) is 11.5 Å². The van der Waals surface area contributed by atoms with Gasteiger partial charge in [0.15, 0.2) is 0 Å². The lowest BCUT2D eigenvalue weighted by molar-refractivity contribution is -0.119. The third-order valence-electron chi connectivity index (χ3n) is 5.49. The summed E-state index contributed by atoms with van der Waals surface area (Å²) in [6.45, 7) is 1.93. The van der Waals surface area contributed by atoms with Gasteiger partial charge in [-0.15, -0.1) is 10.2 Å². The van der Waals surface area contributed by atoms with Gasteiger partial charge in [0, 0.05) is 25.0 Å². The topological polar surface area (TPSA) is 90.8 Å². The van der Waals surface area contributed by atoms with E-state index in [9.17, 15) is 4.79 Å². The highest BCUT2D eigenvalue weighted by Crippen LogP contribution is 2.28. The zero-order chi connectivity index (χ0) is 22.2. The lowest BCUT2D eigenvalue weighted by atomic mass is 10.2. The lowest BCUT2D eigenvalue weighted by Gasteiger charge is -2.13. The second-order valence-electron chi connectivity index (χ2n) is 7.62. The van der Waals surface area contributed by atoms with E-state index in [0.717, 1.165) is 33.5 Å². The van der Waals surface area contributed by atoms with E-state index in [-0.39, 0.29) is 17.7 Å². The Morgan fingerprint density at radius 2 is 1.81 bits per heavy atom. The van der Waals surface area contributed by atoms with Gasteiger partial charge in [0.05, 0.1) is 22.8 Å². The fourth-order valence-corrected chi connectivity index (χ4v) is 4.47. The van der Waals surface area contributed by atoms with E-state index in [1.165, 1.54) is 11.8 Å². The SMILES string of the molecule is C[C@@H](NC(=O)CSc1nnc(-c2cc3ccccc3n2C)o1)c1nc2ccccc2n1C. The van der Waals surface area contributed by atoms with Crippen LogP contribution in [0.3, 0.4) is 0 Å². The molecule has 5 rings (SSSR count). The number of aromatic nitrogens is 5. The number of amides is 1. The van der Waals surface area contributed by atoms with Crippen LogP contribution in [0.4, 0.5) is 0 Å². The van der Waals surface area contributed by atoms with Crippen molar-refractivity contribution in [2.45, 2.75) is 18.2 Å². The lowest BCUT2D eigenvalue weighted by Crippen LogP contribution is -2.29. The minimum atomic E-state index is -0.227. The Hall–Kier alpha value is -3.59. The van der Waals surface area contributed by atoms with Crippen molar-refractivity contribution in [1.29, 1.82) is 0 Å². The molecule has 0 saturated heterocycles. The quantitative estimate of drug-likeness (QED) is 0.395. The fourth-order valence-electron chi connectivity index (χ4n) is 3.89. The van der Waals surface area contributed by atoms with Crippen LogP contribution < -0.4 is 5.32 Å². The van der Waals surface area contributed by atoms with Crippen LogP contribution in [0.15, 0.2) is 64.2 Å². The summed E-state index contributed by atoms with van der Waals surface area (Å²) in [5.41, 5.74) is 3.87. The minimum absolute atomic E-state index is 0.126. The van der Waals surface area contributed by atoms with Gasteiger partial charge in [-0.3, -0.25) is 4.79 Å². The van der Waals surface area contributed by atoms with Gasteiger partial charge in [0.2, 0.25) is 5.91 Å². The van der Waals surface area contributed by atoms with E-state index in [4.69, 9.17) is 4.42 Å². The van der Waals surface area contributed by atoms with E-state index in [2.05, 4.69) is 20.5 Å². The molecule has 8 nitrogen and oxygen atoms in total. The number of para-hydroxylation sites is 3. The van der Waals surface area contributed by atoms with Crippen molar-refractivity contribution in [2.75, 3.05) is 5.75 Å². The average Bonchev–Trinajstić information content (AvgIpc) is 3.49. The number of benzene rings is 2. The Labute approximate surface area is 188 Å². The Bertz CT molecular complexity index is 1430. The predicted molar refractivity (Wildman–Crippen MR) is 124 cm³/mol. The minimum Gasteiger partial charge on any atom is -0.410 e. The van der Waals surface area contributed by atoms with Crippen LogP contribution in [0.2, 0.25) is 0 Å². The fraction of sp³-hybridized carbons (Fsp3) is 0.217. The second kappa shape index (κ2) is 8.16. The van der Waals surface area contributed by atoms with E-state index in [0.29, 0.717) is 11.1 Å². The average molecular weight is 447 g/mol. The number of carbonyl (C=O) groups is 1. The molecule has 1 N–H and O–H groups in total. The molecular weight excluding hydrogens is 424 g/mol. The van der Waals surface area contributed by atoms with Gasteiger partial charge in [-0.1, -0.05) is 42.1 Å². The van der Waals surface area contributed by atoms with Gasteiger partial charge < -0.3 is 18.9 Å². The van der Waals surface area contributed by atoms with Crippen LogP contribution in [0.1, 0.15) is 18.8 Å². The highest BCUT2D eigenvalue weighted by molar-refractivity contribution is 7.99. The standard InChI is InChI=1S/C23H22N6O2S/c1-14(21-25-16-9-5-7-11-18(16)29(21)3)24-20(30)13-32-23-27-26-22(31-23)19-12-15-8-4-6-10-17(15)28(19)2/h4-12,14H,13H2,1-3H3,(H,24,30)/t14-/m1/s1. The molecule has 162 valence electrons. The number of rotatable bonds is 6. The monoisotopic (exact) mass is 446 g/mol. The Morgan fingerprint density at radius 1 is 1.06 bits per heavy atom. The molecule has 9 heteroatoms. The van der Waals surface area contributed by atoms with E-state index in [1.807, 2.05) is 84.8 Å². The van der Waals surface area contributed by atoms with Crippen molar-refractivity contribution in [3.63, 3.8) is 0 Å². The molecule has 5 aromatic rings. The van der Waals surface area contributed by atoms with Crippen LogP contribution >= 0.6 is 11.8 Å². The first-order valence-corrected chi connectivity index (χ1v) is 11.2. The zero-order valence-electron chi connectivity index (χ0n) is 17.9. The maximum Gasteiger partial charge on any atom is 0.277 e. The first kappa shape index (κ1) is 20.3. The molecule has 1 amide bonds. The number of fused-ring (bicyclic) bond motifs is 2. The molecule has 2 aromatic carbocycles. The Kier molecular flexibility index (Phi) is 5.18. The maximum atomic E-state index is 12.5. The summed E-state index contributed by atoms with van der Waals surface area (Å²) in [5, 5.41) is 12.7. The Balaban J connectivity index is 1.24. The van der Waals surface area contributed by atoms with Crippen molar-refractivity contribution in [1.82, 2.24) is 29.6 Å². The van der Waals surface area contributed by atoms with Crippen LogP contribution in [0.25, 0.3) is 33.5 Å². The molecule has 0 bridgehead atoms. The number of aryl methyl sites for hydroxylation is 2. The molecule has 0 saturated carbocycles. The molecule has 1 atom stereocenters. The summed E-state index contributed by atoms with van der Waals surface area (Å²) in [6, 6.07) is 17.8. The van der Waals surface area contributed by atoms with E-state index >= 15 is 0 Å². The summed E-state index contributed by atoms with van der Waals surface area (Å²) in [7, 11) is 3.92. The van der Waals surface area contributed by atoms with E-state index in [1.54, 1.807) is 0 Å². The molecule has 0 fully saturated rings. The number of carbonyl (C=O) groups excluding carboxylic acids is 1. The summed E-state index contributed by atoms with van der Waals surface area (Å²) >= 11 is 1.21. The number of nitrogens with one attached hydrogen (secondary N) is 1. The molecular formula is C23H22N6O2S. The van der Waals surface area contributed by atoms with Crippen molar-refractivity contribution in [2.24, 2.45) is 14.1 Å². The van der Waals surface area contributed by atoms with Crippen LogP contribution in [-0.4, -0.2) is 36.0 Å². The summed E-state index contributed by atoms with van der Waals surface area (Å²) in [4.78, 5) is 17.2. The number of thioether (sulfide) groups is 1. The molecule has 0 spiro atoms. The maximum absolute atomic E-state index is 12.5. The van der Waals surface area contributed by atoms with Crippen molar-refractivity contribution >= 4 is 39.6 Å². The van der Waals surface area contributed by atoms with Crippen LogP contribution in [0.5, 0.6) is 0 Å². The molecule has 3 aromatic heterocycles. The zero-order valence-corrected chi connectivity index (χ0v) is 18.8. The number of imidazole rings is 1. The highest BCUT2D eigenvalue weighted by Gasteiger charge is 2.18. The van der Waals surface area contributed by atoms with Crippen molar-refractivity contribution in [3.05, 3.63) is 60.4 Å². The smallest absolute Gasteiger partial charge is 0.277 e. The second-order valence-corrected chi connectivity index (χ2v) is 8.54. The number of hydrogen-bond acceptors (Lipinski definition) is 6. The third-order valence-corrected chi connectivity index (χ3v) is 6.31. The van der Waals surface area contributed by atoms with Crippen LogP contribution in [-0.2, 0) is 18.9 Å². The van der Waals surface area contributed by atoms with Gasteiger partial charge in [-0.05, 0) is 31.2 Å². The van der Waals surface area contributed by atoms with Gasteiger partial charge >= 0.3 is 0 Å². The van der Waals surface area contributed by atoms with Gasteiger partial charge in [-0.2, -0.15) is 0 Å². The highest BCUT2D eigenvalue weighted by atomic mass is 32.2. The molecule has 0 unspecified atom stereocenters. The van der Waals surface area contributed by atoms with Gasteiger partial charge in [0.25, 0.3) is 11.1 Å². The largest absolute Gasteiger partial charge is 0.410 e. The molecule has 3 heterocycles. The first-order valence-electron chi connectivity index (χ1n) is 10.2.